The molecule has 15 heteroatoms. The highest BCUT2D eigenvalue weighted by molar-refractivity contribution is 8.09. The van der Waals surface area contributed by atoms with Gasteiger partial charge in [-0.05, 0) is 26.7 Å². The SMILES string of the molecule is CC(=N)C(=O)NC1(C)CCCCC1C(S(=O)(=O)C(F)(F)F)S(=O)(=O)C(F)(F)F. The molecule has 7 nitrogen and oxygen atoms in total. The molecule has 1 fully saturated rings. The fraction of sp³-hybridized carbons (Fsp3) is 0.846. The van der Waals surface area contributed by atoms with Crippen LogP contribution in [0.4, 0.5) is 26.3 Å². The molecule has 164 valence electrons. The Bertz CT molecular complexity index is 806. The maximum absolute atomic E-state index is 13.1. The fourth-order valence-corrected chi connectivity index (χ4v) is 7.42. The number of rotatable bonds is 5. The second-order valence-electron chi connectivity index (χ2n) is 6.70. The van der Waals surface area contributed by atoms with Crippen LogP contribution < -0.4 is 5.32 Å². The molecule has 0 bridgehead atoms. The van der Waals surface area contributed by atoms with Crippen LogP contribution in [0, 0.1) is 11.3 Å². The summed E-state index contributed by atoms with van der Waals surface area (Å²) in [7, 11) is -13.6. The summed E-state index contributed by atoms with van der Waals surface area (Å²) in [6, 6.07) is 0. The normalized spacial score (nSPS) is 24.8. The van der Waals surface area contributed by atoms with Crippen LogP contribution in [0.2, 0.25) is 0 Å². The molecular weight excluding hydrogens is 442 g/mol. The number of hydrogen-bond donors (Lipinski definition) is 2. The quantitative estimate of drug-likeness (QED) is 0.482. The van der Waals surface area contributed by atoms with Crippen LogP contribution in [0.15, 0.2) is 0 Å². The van der Waals surface area contributed by atoms with Crippen molar-refractivity contribution in [3.8, 4) is 0 Å². The Morgan fingerprint density at radius 2 is 1.46 bits per heavy atom. The molecule has 0 aromatic carbocycles. The van der Waals surface area contributed by atoms with E-state index in [4.69, 9.17) is 5.41 Å². The molecule has 2 unspecified atom stereocenters. The van der Waals surface area contributed by atoms with Crippen molar-refractivity contribution >= 4 is 31.3 Å². The van der Waals surface area contributed by atoms with Crippen LogP contribution in [0.5, 0.6) is 0 Å². The number of hydrogen-bond acceptors (Lipinski definition) is 6. The van der Waals surface area contributed by atoms with Gasteiger partial charge in [0, 0.05) is 11.5 Å². The van der Waals surface area contributed by atoms with Crippen LogP contribution in [-0.2, 0) is 24.5 Å². The van der Waals surface area contributed by atoms with Crippen LogP contribution in [-0.4, -0.2) is 49.6 Å². The maximum Gasteiger partial charge on any atom is 0.498 e. The topological polar surface area (TPSA) is 121 Å². The van der Waals surface area contributed by atoms with Crippen LogP contribution in [0.3, 0.4) is 0 Å². The number of alkyl halides is 6. The number of carbonyl (C=O) groups excluding carboxylic acids is 1. The summed E-state index contributed by atoms with van der Waals surface area (Å²) in [5.41, 5.74) is -15.2. The smallest absolute Gasteiger partial charge is 0.346 e. The average Bonchev–Trinajstić information content (AvgIpc) is 2.46. The third-order valence-electron chi connectivity index (χ3n) is 4.60. The highest BCUT2D eigenvalue weighted by Gasteiger charge is 2.67. The molecule has 0 radical (unpaired) electrons. The first-order chi connectivity index (χ1) is 12.3. The van der Waals surface area contributed by atoms with Gasteiger partial charge in [-0.3, -0.25) is 10.2 Å². The van der Waals surface area contributed by atoms with Gasteiger partial charge in [0.25, 0.3) is 25.6 Å². The van der Waals surface area contributed by atoms with E-state index in [0.29, 0.717) is 0 Å². The van der Waals surface area contributed by atoms with E-state index in [0.717, 1.165) is 13.8 Å². The van der Waals surface area contributed by atoms with Gasteiger partial charge in [0.1, 0.15) is 0 Å². The third kappa shape index (κ3) is 4.44. The van der Waals surface area contributed by atoms with E-state index in [1.54, 1.807) is 0 Å². The minimum atomic E-state index is -6.82. The highest BCUT2D eigenvalue weighted by atomic mass is 32.3. The van der Waals surface area contributed by atoms with Gasteiger partial charge in [0.05, 0.1) is 5.71 Å². The molecule has 0 spiro atoms. The average molecular weight is 460 g/mol. The van der Waals surface area contributed by atoms with Crippen molar-refractivity contribution < 1.29 is 48.0 Å². The zero-order valence-corrected chi connectivity index (χ0v) is 16.2. The summed E-state index contributed by atoms with van der Waals surface area (Å²) in [6.45, 7) is 1.97. The van der Waals surface area contributed by atoms with Crippen molar-refractivity contribution in [2.45, 2.75) is 60.7 Å². The summed E-state index contributed by atoms with van der Waals surface area (Å²) in [5, 5.41) is 9.26. The predicted molar refractivity (Wildman–Crippen MR) is 85.6 cm³/mol. The first kappa shape index (κ1) is 24.7. The lowest BCUT2D eigenvalue weighted by molar-refractivity contribution is -0.117. The molecule has 2 N–H and O–H groups in total. The Morgan fingerprint density at radius 3 is 1.82 bits per heavy atom. The Morgan fingerprint density at radius 1 is 1.04 bits per heavy atom. The minimum Gasteiger partial charge on any atom is -0.346 e. The number of carbonyl (C=O) groups is 1. The second-order valence-corrected chi connectivity index (χ2v) is 11.1. The standard InChI is InChI=1S/C13H18F6N2O5S2/c1-7(20)9(22)21-11(2)6-4-3-5-8(11)10(27(23,24)12(14,15)16)28(25,26)13(17,18)19/h8,10,20H,3-6H2,1-2H3,(H,21,22). The molecule has 28 heavy (non-hydrogen) atoms. The number of amides is 1. The number of nitrogens with one attached hydrogen (secondary N) is 2. The summed E-state index contributed by atoms with van der Waals surface area (Å²) in [6.07, 6.45) is -0.747. The minimum absolute atomic E-state index is 0.0447. The Kier molecular flexibility index (Phi) is 6.57. The van der Waals surface area contributed by atoms with E-state index in [-0.39, 0.29) is 19.3 Å². The lowest BCUT2D eigenvalue weighted by Gasteiger charge is -2.45. The number of halogens is 6. The molecular formula is C13H18F6N2O5S2. The molecule has 1 rings (SSSR count). The van der Waals surface area contributed by atoms with E-state index >= 15 is 0 Å². The van der Waals surface area contributed by atoms with Gasteiger partial charge in [0.2, 0.25) is 0 Å². The Hall–Kier alpha value is -1.38. The van der Waals surface area contributed by atoms with E-state index in [2.05, 4.69) is 0 Å². The van der Waals surface area contributed by atoms with Gasteiger partial charge < -0.3 is 5.32 Å². The van der Waals surface area contributed by atoms with E-state index in [9.17, 15) is 48.0 Å². The van der Waals surface area contributed by atoms with Crippen molar-refractivity contribution in [2.24, 2.45) is 5.92 Å². The van der Waals surface area contributed by atoms with Crippen LogP contribution >= 0.6 is 0 Å². The monoisotopic (exact) mass is 460 g/mol. The molecule has 1 aliphatic carbocycles. The lowest BCUT2D eigenvalue weighted by atomic mass is 9.74. The van der Waals surface area contributed by atoms with Gasteiger partial charge in [-0.2, -0.15) is 26.3 Å². The van der Waals surface area contributed by atoms with Crippen molar-refractivity contribution in [1.29, 1.82) is 5.41 Å². The van der Waals surface area contributed by atoms with Gasteiger partial charge >= 0.3 is 11.0 Å². The van der Waals surface area contributed by atoms with Gasteiger partial charge in [-0.1, -0.05) is 12.8 Å². The van der Waals surface area contributed by atoms with E-state index in [1.807, 2.05) is 5.32 Å². The molecule has 0 aromatic rings. The summed E-state index contributed by atoms with van der Waals surface area (Å²) < 4.78 is 122. The zero-order chi connectivity index (χ0) is 22.3. The number of sulfone groups is 2. The molecule has 0 saturated heterocycles. The van der Waals surface area contributed by atoms with Crippen molar-refractivity contribution in [2.75, 3.05) is 0 Å². The Balaban J connectivity index is 3.72. The summed E-state index contributed by atoms with van der Waals surface area (Å²) in [5.74, 6) is -3.40. The molecule has 0 aliphatic heterocycles. The zero-order valence-electron chi connectivity index (χ0n) is 14.6. The van der Waals surface area contributed by atoms with E-state index < -0.39 is 64.8 Å². The van der Waals surface area contributed by atoms with Gasteiger partial charge in [0.15, 0.2) is 4.58 Å². The molecule has 0 heterocycles. The highest BCUT2D eigenvalue weighted by Crippen LogP contribution is 2.46. The van der Waals surface area contributed by atoms with Crippen molar-refractivity contribution in [3.63, 3.8) is 0 Å². The molecule has 1 aliphatic rings. The molecule has 1 amide bonds. The molecule has 0 aromatic heterocycles. The summed E-state index contributed by atoms with van der Waals surface area (Å²) in [4.78, 5) is 11.8. The van der Waals surface area contributed by atoms with Crippen molar-refractivity contribution in [1.82, 2.24) is 5.32 Å². The first-order valence-corrected chi connectivity index (χ1v) is 10.9. The Labute approximate surface area is 157 Å². The van der Waals surface area contributed by atoms with Gasteiger partial charge in [-0.15, -0.1) is 0 Å². The summed E-state index contributed by atoms with van der Waals surface area (Å²) >= 11 is 0. The second kappa shape index (κ2) is 7.46. The maximum atomic E-state index is 13.1. The van der Waals surface area contributed by atoms with E-state index in [1.165, 1.54) is 0 Å². The lowest BCUT2D eigenvalue weighted by Crippen LogP contribution is -2.62. The molecule has 2 atom stereocenters. The molecule has 1 saturated carbocycles. The fourth-order valence-electron chi connectivity index (χ4n) is 3.17. The third-order valence-corrected chi connectivity index (χ3v) is 9.30. The largest absolute Gasteiger partial charge is 0.498 e. The predicted octanol–water partition coefficient (Wildman–Crippen LogP) is 2.29. The van der Waals surface area contributed by atoms with Crippen molar-refractivity contribution in [3.05, 3.63) is 0 Å². The van der Waals surface area contributed by atoms with Gasteiger partial charge in [-0.25, -0.2) is 16.8 Å². The van der Waals surface area contributed by atoms with Crippen LogP contribution in [0.1, 0.15) is 39.5 Å². The van der Waals surface area contributed by atoms with Crippen LogP contribution in [0.25, 0.3) is 0 Å². The first-order valence-electron chi connectivity index (χ1n) is 7.77.